The monoisotopic (exact) mass is 317 g/mol. The normalized spacial score (nSPS) is 23.5. The fraction of sp³-hybridized carbons (Fsp3) is 0.737. The van der Waals surface area contributed by atoms with Gasteiger partial charge in [-0.05, 0) is 49.4 Å². The van der Waals surface area contributed by atoms with Crippen LogP contribution in [0.3, 0.4) is 0 Å². The van der Waals surface area contributed by atoms with Gasteiger partial charge in [-0.1, -0.05) is 20.3 Å². The van der Waals surface area contributed by atoms with Gasteiger partial charge >= 0.3 is 0 Å². The average Bonchev–Trinajstić information content (AvgIpc) is 2.55. The van der Waals surface area contributed by atoms with Crippen molar-refractivity contribution in [1.29, 1.82) is 0 Å². The number of rotatable bonds is 4. The molecule has 3 heterocycles. The van der Waals surface area contributed by atoms with E-state index in [0.29, 0.717) is 6.04 Å². The number of morpholine rings is 1. The van der Waals surface area contributed by atoms with Crippen molar-refractivity contribution >= 4 is 5.82 Å². The molecule has 1 atom stereocenters. The van der Waals surface area contributed by atoms with Crippen molar-refractivity contribution in [2.24, 2.45) is 5.92 Å². The maximum atomic E-state index is 5.45. The summed E-state index contributed by atoms with van der Waals surface area (Å²) in [6.45, 7) is 12.8. The van der Waals surface area contributed by atoms with Gasteiger partial charge in [0, 0.05) is 31.9 Å². The predicted octanol–water partition coefficient (Wildman–Crippen LogP) is 3.41. The van der Waals surface area contributed by atoms with E-state index in [-0.39, 0.29) is 0 Å². The summed E-state index contributed by atoms with van der Waals surface area (Å²) >= 11 is 0. The predicted molar refractivity (Wildman–Crippen MR) is 95.0 cm³/mol. The molecule has 2 aliphatic rings. The third kappa shape index (κ3) is 4.04. The molecule has 0 saturated carbocycles. The minimum atomic E-state index is 0.552. The van der Waals surface area contributed by atoms with Gasteiger partial charge in [-0.3, -0.25) is 4.90 Å². The van der Waals surface area contributed by atoms with Crippen LogP contribution in [0.1, 0.15) is 50.3 Å². The first-order valence-electron chi connectivity index (χ1n) is 9.18. The van der Waals surface area contributed by atoms with Crippen LogP contribution in [0, 0.1) is 12.8 Å². The van der Waals surface area contributed by atoms with Gasteiger partial charge in [0.25, 0.3) is 0 Å². The minimum absolute atomic E-state index is 0.552. The van der Waals surface area contributed by atoms with Crippen LogP contribution >= 0.6 is 0 Å². The fourth-order valence-corrected chi connectivity index (χ4v) is 3.93. The lowest BCUT2D eigenvalue weighted by atomic mass is 9.94. The van der Waals surface area contributed by atoms with Crippen LogP contribution in [0.4, 0.5) is 5.82 Å². The summed E-state index contributed by atoms with van der Waals surface area (Å²) in [6, 6.07) is 2.93. The van der Waals surface area contributed by atoms with Gasteiger partial charge in [0.1, 0.15) is 5.82 Å². The Hall–Kier alpha value is -1.13. The number of aryl methyl sites for hydroxylation is 1. The van der Waals surface area contributed by atoms with E-state index in [0.717, 1.165) is 38.0 Å². The molecular weight excluding hydrogens is 286 g/mol. The van der Waals surface area contributed by atoms with Crippen molar-refractivity contribution in [2.75, 3.05) is 44.3 Å². The van der Waals surface area contributed by atoms with Gasteiger partial charge < -0.3 is 9.64 Å². The third-order valence-corrected chi connectivity index (χ3v) is 4.98. The molecule has 128 valence electrons. The zero-order valence-electron chi connectivity index (χ0n) is 14.9. The molecule has 2 fully saturated rings. The molecule has 0 spiro atoms. The highest BCUT2D eigenvalue weighted by atomic mass is 16.5. The number of likely N-dealkylation sites (tertiary alicyclic amines) is 1. The van der Waals surface area contributed by atoms with E-state index in [1.807, 2.05) is 0 Å². The summed E-state index contributed by atoms with van der Waals surface area (Å²) in [7, 11) is 0. The molecule has 2 saturated heterocycles. The molecule has 0 amide bonds. The molecule has 1 aromatic heterocycles. The SMILES string of the molecule is Cc1cc([C@@H]2CCCCN2CC(C)C)cnc1N1CCOCC1. The van der Waals surface area contributed by atoms with E-state index < -0.39 is 0 Å². The largest absolute Gasteiger partial charge is 0.378 e. The first-order chi connectivity index (χ1) is 11.1. The number of anilines is 1. The van der Waals surface area contributed by atoms with Gasteiger partial charge in [-0.25, -0.2) is 4.98 Å². The zero-order chi connectivity index (χ0) is 16.2. The molecule has 1 aromatic rings. The van der Waals surface area contributed by atoms with Gasteiger partial charge in [-0.15, -0.1) is 0 Å². The van der Waals surface area contributed by atoms with E-state index in [2.05, 4.69) is 42.8 Å². The van der Waals surface area contributed by atoms with E-state index in [4.69, 9.17) is 9.72 Å². The third-order valence-electron chi connectivity index (χ3n) is 4.98. The van der Waals surface area contributed by atoms with Crippen molar-refractivity contribution in [2.45, 2.75) is 46.1 Å². The average molecular weight is 317 g/mol. The molecule has 3 rings (SSSR count). The molecule has 0 bridgehead atoms. The Morgan fingerprint density at radius 2 is 2.00 bits per heavy atom. The molecular formula is C19H31N3O. The smallest absolute Gasteiger partial charge is 0.131 e. The lowest BCUT2D eigenvalue weighted by molar-refractivity contribution is 0.122. The number of pyridine rings is 1. The van der Waals surface area contributed by atoms with E-state index in [1.54, 1.807) is 0 Å². The summed E-state index contributed by atoms with van der Waals surface area (Å²) < 4.78 is 5.45. The summed E-state index contributed by atoms with van der Waals surface area (Å²) in [6.07, 6.45) is 6.07. The molecule has 0 N–H and O–H groups in total. The maximum absolute atomic E-state index is 5.45. The summed E-state index contributed by atoms with van der Waals surface area (Å²) in [5, 5.41) is 0. The minimum Gasteiger partial charge on any atom is -0.378 e. The van der Waals surface area contributed by atoms with E-state index in [9.17, 15) is 0 Å². The molecule has 0 aromatic carbocycles. The second kappa shape index (κ2) is 7.63. The standard InChI is InChI=1S/C19H31N3O/c1-15(2)14-22-7-5-4-6-18(22)17-12-16(3)19(20-13-17)21-8-10-23-11-9-21/h12-13,15,18H,4-11,14H2,1-3H3/t18-/m0/s1. The quantitative estimate of drug-likeness (QED) is 0.851. The van der Waals surface area contributed by atoms with Crippen LogP contribution in [0.15, 0.2) is 12.3 Å². The molecule has 0 unspecified atom stereocenters. The summed E-state index contributed by atoms with van der Waals surface area (Å²) in [5.41, 5.74) is 2.71. The highest BCUT2D eigenvalue weighted by Gasteiger charge is 2.25. The Bertz CT molecular complexity index is 511. The lowest BCUT2D eigenvalue weighted by Gasteiger charge is -2.37. The molecule has 4 nitrogen and oxygen atoms in total. The molecule has 0 aliphatic carbocycles. The van der Waals surface area contributed by atoms with Crippen LogP contribution in [-0.2, 0) is 4.74 Å². The van der Waals surface area contributed by atoms with Gasteiger partial charge in [0.15, 0.2) is 0 Å². The van der Waals surface area contributed by atoms with Crippen LogP contribution in [-0.4, -0.2) is 49.3 Å². The lowest BCUT2D eigenvalue weighted by Crippen LogP contribution is -2.38. The second-order valence-electron chi connectivity index (χ2n) is 7.41. The summed E-state index contributed by atoms with van der Waals surface area (Å²) in [5.74, 6) is 1.86. The Morgan fingerprint density at radius 3 is 2.70 bits per heavy atom. The highest BCUT2D eigenvalue weighted by Crippen LogP contribution is 2.33. The number of ether oxygens (including phenoxy) is 1. The Labute approximate surface area is 140 Å². The van der Waals surface area contributed by atoms with Gasteiger partial charge in [0.05, 0.1) is 13.2 Å². The van der Waals surface area contributed by atoms with Crippen molar-refractivity contribution < 1.29 is 4.74 Å². The molecule has 0 radical (unpaired) electrons. The second-order valence-corrected chi connectivity index (χ2v) is 7.41. The maximum Gasteiger partial charge on any atom is 0.131 e. The number of piperidine rings is 1. The van der Waals surface area contributed by atoms with Crippen LogP contribution in [0.2, 0.25) is 0 Å². The molecule has 4 heteroatoms. The number of nitrogens with zero attached hydrogens (tertiary/aromatic N) is 3. The first kappa shape index (κ1) is 16.7. The Morgan fingerprint density at radius 1 is 1.22 bits per heavy atom. The fourth-order valence-electron chi connectivity index (χ4n) is 3.93. The number of hydrogen-bond donors (Lipinski definition) is 0. The van der Waals surface area contributed by atoms with Crippen molar-refractivity contribution in [3.05, 3.63) is 23.4 Å². The van der Waals surface area contributed by atoms with E-state index >= 15 is 0 Å². The summed E-state index contributed by atoms with van der Waals surface area (Å²) in [4.78, 5) is 9.86. The van der Waals surface area contributed by atoms with Crippen LogP contribution < -0.4 is 4.90 Å². The molecule has 23 heavy (non-hydrogen) atoms. The Balaban J connectivity index is 1.77. The number of aromatic nitrogens is 1. The first-order valence-corrected chi connectivity index (χ1v) is 9.18. The van der Waals surface area contributed by atoms with Crippen molar-refractivity contribution in [1.82, 2.24) is 9.88 Å². The van der Waals surface area contributed by atoms with Crippen LogP contribution in [0.5, 0.6) is 0 Å². The molecule has 2 aliphatic heterocycles. The zero-order valence-corrected chi connectivity index (χ0v) is 14.9. The van der Waals surface area contributed by atoms with Crippen molar-refractivity contribution in [3.8, 4) is 0 Å². The van der Waals surface area contributed by atoms with Crippen molar-refractivity contribution in [3.63, 3.8) is 0 Å². The van der Waals surface area contributed by atoms with E-state index in [1.165, 1.54) is 43.5 Å². The Kier molecular flexibility index (Phi) is 5.54. The number of hydrogen-bond acceptors (Lipinski definition) is 4. The van der Waals surface area contributed by atoms with Crippen LogP contribution in [0.25, 0.3) is 0 Å². The topological polar surface area (TPSA) is 28.6 Å². The van der Waals surface area contributed by atoms with Gasteiger partial charge in [0.2, 0.25) is 0 Å². The highest BCUT2D eigenvalue weighted by molar-refractivity contribution is 5.48. The van der Waals surface area contributed by atoms with Gasteiger partial charge in [-0.2, -0.15) is 0 Å².